The molecular formula is C27H29N3O4. The monoisotopic (exact) mass is 459 g/mol. The molecule has 7 heteroatoms. The number of aryl methyl sites for hydroxylation is 1. The van der Waals surface area contributed by atoms with Gasteiger partial charge in [0.25, 0.3) is 0 Å². The summed E-state index contributed by atoms with van der Waals surface area (Å²) in [7, 11) is 0. The van der Waals surface area contributed by atoms with E-state index >= 15 is 0 Å². The van der Waals surface area contributed by atoms with Crippen LogP contribution in [0.2, 0.25) is 0 Å². The van der Waals surface area contributed by atoms with Crippen LogP contribution >= 0.6 is 0 Å². The van der Waals surface area contributed by atoms with Gasteiger partial charge in [-0.2, -0.15) is 4.98 Å². The van der Waals surface area contributed by atoms with Gasteiger partial charge in [-0.05, 0) is 44.1 Å². The highest BCUT2D eigenvalue weighted by Crippen LogP contribution is 2.43. The van der Waals surface area contributed by atoms with Crippen LogP contribution in [0, 0.1) is 6.92 Å². The van der Waals surface area contributed by atoms with Crippen LogP contribution in [-0.2, 0) is 4.74 Å². The van der Waals surface area contributed by atoms with E-state index in [1.165, 1.54) is 0 Å². The lowest BCUT2D eigenvalue weighted by atomic mass is 9.83. The van der Waals surface area contributed by atoms with Gasteiger partial charge < -0.3 is 18.9 Å². The lowest BCUT2D eigenvalue weighted by Gasteiger charge is -2.43. The lowest BCUT2D eigenvalue weighted by molar-refractivity contribution is -0.00115. The molecule has 2 aliphatic rings. The van der Waals surface area contributed by atoms with Crippen LogP contribution < -0.4 is 4.74 Å². The van der Waals surface area contributed by atoms with Crippen molar-refractivity contribution in [2.24, 2.45) is 0 Å². The highest BCUT2D eigenvalue weighted by molar-refractivity contribution is 5.85. The van der Waals surface area contributed by atoms with Gasteiger partial charge in [0.1, 0.15) is 17.0 Å². The Morgan fingerprint density at radius 2 is 1.71 bits per heavy atom. The van der Waals surface area contributed by atoms with Crippen molar-refractivity contribution in [2.75, 3.05) is 13.1 Å². The molecule has 1 spiro atoms. The fourth-order valence-electron chi connectivity index (χ4n) is 4.46. The minimum absolute atomic E-state index is 0.268. The summed E-state index contributed by atoms with van der Waals surface area (Å²) in [5.41, 5.74) is 3.21. The third-order valence-corrected chi connectivity index (χ3v) is 6.14. The van der Waals surface area contributed by atoms with Crippen molar-refractivity contribution in [3.8, 4) is 17.1 Å². The highest BCUT2D eigenvalue weighted by atomic mass is 16.6. The molecule has 176 valence electrons. The van der Waals surface area contributed by atoms with Crippen LogP contribution in [-0.4, -0.2) is 45.4 Å². The number of carbonyl (C=O) groups is 1. The molecule has 7 nitrogen and oxygen atoms in total. The molecule has 0 radical (unpaired) electrons. The van der Waals surface area contributed by atoms with E-state index < -0.39 is 11.2 Å². The minimum Gasteiger partial charge on any atom is -0.482 e. The van der Waals surface area contributed by atoms with E-state index in [2.05, 4.69) is 34.4 Å². The minimum atomic E-state index is -0.508. The number of carbonyl (C=O) groups excluding carboxylic acids is 1. The fraction of sp³-hybridized carbons (Fsp3) is 0.370. The Morgan fingerprint density at radius 3 is 2.35 bits per heavy atom. The average Bonchev–Trinajstić information content (AvgIpc) is 3.24. The van der Waals surface area contributed by atoms with Crippen molar-refractivity contribution < 1.29 is 18.8 Å². The van der Waals surface area contributed by atoms with Gasteiger partial charge in [-0.15, -0.1) is 0 Å². The second kappa shape index (κ2) is 8.31. The van der Waals surface area contributed by atoms with Crippen molar-refractivity contribution in [3.63, 3.8) is 0 Å². The Kier molecular flexibility index (Phi) is 5.42. The molecule has 3 heterocycles. The summed E-state index contributed by atoms with van der Waals surface area (Å²) in [5, 5.41) is 4.01. The standard InChI is InChI=1S/C27H29N3O4/c1-18-28-24(29-34-18)20-11-9-19(10-12-20)22-17-27(32-23-8-6-5-7-21(22)23)13-15-30(16-14-27)25(31)33-26(2,3)4/h5-12,17H,13-16H2,1-4H3. The summed E-state index contributed by atoms with van der Waals surface area (Å²) >= 11 is 0. The van der Waals surface area contributed by atoms with E-state index in [0.29, 0.717) is 37.6 Å². The number of aromatic nitrogens is 2. The molecule has 5 rings (SSSR count). The summed E-state index contributed by atoms with van der Waals surface area (Å²) in [6, 6.07) is 16.3. The lowest BCUT2D eigenvalue weighted by Crippen LogP contribution is -2.50. The Bertz CT molecular complexity index is 1230. The van der Waals surface area contributed by atoms with Gasteiger partial charge in [0.2, 0.25) is 11.7 Å². The number of ether oxygens (including phenoxy) is 2. The molecule has 0 aliphatic carbocycles. The number of hydrogen-bond acceptors (Lipinski definition) is 6. The largest absolute Gasteiger partial charge is 0.482 e. The second-order valence-electron chi connectivity index (χ2n) is 9.90. The maximum absolute atomic E-state index is 12.6. The van der Waals surface area contributed by atoms with E-state index in [1.54, 1.807) is 11.8 Å². The van der Waals surface area contributed by atoms with E-state index in [0.717, 1.165) is 28.0 Å². The maximum atomic E-state index is 12.6. The first-order valence-electron chi connectivity index (χ1n) is 11.6. The Morgan fingerprint density at radius 1 is 1.03 bits per heavy atom. The molecule has 3 aromatic rings. The zero-order valence-corrected chi connectivity index (χ0v) is 20.0. The predicted molar refractivity (Wildman–Crippen MR) is 128 cm³/mol. The van der Waals surface area contributed by atoms with Crippen molar-refractivity contribution in [2.45, 2.75) is 51.7 Å². The van der Waals surface area contributed by atoms with Gasteiger partial charge in [0.15, 0.2) is 0 Å². The molecule has 0 unspecified atom stereocenters. The van der Waals surface area contributed by atoms with Crippen molar-refractivity contribution >= 4 is 11.7 Å². The van der Waals surface area contributed by atoms with E-state index in [-0.39, 0.29) is 6.09 Å². The molecule has 34 heavy (non-hydrogen) atoms. The molecule has 1 aromatic heterocycles. The third kappa shape index (κ3) is 4.42. The van der Waals surface area contributed by atoms with Gasteiger partial charge in [-0.25, -0.2) is 4.79 Å². The Labute approximate surface area is 199 Å². The quantitative estimate of drug-likeness (QED) is 0.494. The van der Waals surface area contributed by atoms with Crippen LogP contribution in [0.5, 0.6) is 5.75 Å². The van der Waals surface area contributed by atoms with Gasteiger partial charge in [0.05, 0.1) is 0 Å². The molecule has 2 aliphatic heterocycles. The molecule has 0 saturated carbocycles. The molecule has 0 N–H and O–H groups in total. The molecule has 1 saturated heterocycles. The average molecular weight is 460 g/mol. The number of piperidine rings is 1. The van der Waals surface area contributed by atoms with Crippen LogP contribution in [0.25, 0.3) is 17.0 Å². The Balaban J connectivity index is 1.42. The number of para-hydroxylation sites is 1. The third-order valence-electron chi connectivity index (χ3n) is 6.14. The molecule has 1 amide bonds. The molecule has 0 atom stereocenters. The van der Waals surface area contributed by atoms with Gasteiger partial charge in [-0.3, -0.25) is 0 Å². The number of rotatable bonds is 2. The summed E-state index contributed by atoms with van der Waals surface area (Å²) in [5.74, 6) is 1.99. The summed E-state index contributed by atoms with van der Waals surface area (Å²) < 4.78 is 17.2. The molecular weight excluding hydrogens is 430 g/mol. The summed E-state index contributed by atoms with van der Waals surface area (Å²) in [6.07, 6.45) is 3.36. The first kappa shape index (κ1) is 22.2. The maximum Gasteiger partial charge on any atom is 0.410 e. The Hall–Kier alpha value is -3.61. The fourth-order valence-corrected chi connectivity index (χ4v) is 4.46. The van der Waals surface area contributed by atoms with Gasteiger partial charge in [-0.1, -0.05) is 47.6 Å². The van der Waals surface area contributed by atoms with E-state index in [1.807, 2.05) is 51.1 Å². The SMILES string of the molecule is Cc1nc(-c2ccc(C3=CC4(CCN(C(=O)OC(C)(C)C)CC4)Oc4ccccc43)cc2)no1. The smallest absolute Gasteiger partial charge is 0.410 e. The number of benzene rings is 2. The van der Waals surface area contributed by atoms with E-state index in [4.69, 9.17) is 14.0 Å². The van der Waals surface area contributed by atoms with Crippen molar-refractivity contribution in [1.82, 2.24) is 15.0 Å². The molecule has 0 bridgehead atoms. The summed E-state index contributed by atoms with van der Waals surface area (Å²) in [4.78, 5) is 18.6. The zero-order chi connectivity index (χ0) is 23.9. The van der Waals surface area contributed by atoms with Crippen LogP contribution in [0.3, 0.4) is 0 Å². The first-order valence-corrected chi connectivity index (χ1v) is 11.6. The van der Waals surface area contributed by atoms with E-state index in [9.17, 15) is 4.79 Å². The number of hydrogen-bond donors (Lipinski definition) is 0. The van der Waals surface area contributed by atoms with Gasteiger partial charge in [0, 0.05) is 44.0 Å². The number of fused-ring (bicyclic) bond motifs is 1. The first-order chi connectivity index (χ1) is 16.2. The molecule has 1 fully saturated rings. The number of amides is 1. The van der Waals surface area contributed by atoms with Crippen LogP contribution in [0.15, 0.2) is 59.1 Å². The predicted octanol–water partition coefficient (Wildman–Crippen LogP) is 5.64. The van der Waals surface area contributed by atoms with Crippen molar-refractivity contribution in [3.05, 3.63) is 71.6 Å². The summed E-state index contributed by atoms with van der Waals surface area (Å²) in [6.45, 7) is 8.60. The normalized spacial score (nSPS) is 17.1. The zero-order valence-electron chi connectivity index (χ0n) is 20.0. The number of nitrogens with zero attached hydrogens (tertiary/aromatic N) is 3. The molecule has 2 aromatic carbocycles. The number of likely N-dealkylation sites (tertiary alicyclic amines) is 1. The van der Waals surface area contributed by atoms with Crippen LogP contribution in [0.4, 0.5) is 4.79 Å². The second-order valence-corrected chi connectivity index (χ2v) is 9.90. The van der Waals surface area contributed by atoms with Crippen LogP contribution in [0.1, 0.15) is 50.6 Å². The topological polar surface area (TPSA) is 77.7 Å². The van der Waals surface area contributed by atoms with Crippen molar-refractivity contribution in [1.29, 1.82) is 0 Å². The van der Waals surface area contributed by atoms with Gasteiger partial charge >= 0.3 is 6.09 Å². The highest BCUT2D eigenvalue weighted by Gasteiger charge is 2.40.